The minimum absolute atomic E-state index is 0.349. The molecule has 1 N–H and O–H groups in total. The van der Waals surface area contributed by atoms with Gasteiger partial charge in [-0.2, -0.15) is 0 Å². The summed E-state index contributed by atoms with van der Waals surface area (Å²) in [5.41, 5.74) is 3.96. The number of thiophene rings is 1. The minimum atomic E-state index is 0.349. The average Bonchev–Trinajstić information content (AvgIpc) is 2.84. The first-order valence-electron chi connectivity index (χ1n) is 7.27. The Bertz CT molecular complexity index is 761. The highest BCUT2D eigenvalue weighted by Crippen LogP contribution is 2.34. The maximum atomic E-state index is 4.21. The molecular formula is C18H20N2S. The zero-order valence-electron chi connectivity index (χ0n) is 12.7. The summed E-state index contributed by atoms with van der Waals surface area (Å²) in [6, 6.07) is 11.0. The standard InChI is InChI=1S/C18H20N2S/c1-12-8-9-19-10-15(12)11-20-14(3)18-13(2)16-6-4-5-7-17(16)21-18/h4-10,14,20H,11H2,1-3H3. The molecule has 0 aliphatic heterocycles. The highest BCUT2D eigenvalue weighted by atomic mass is 32.1. The molecule has 0 radical (unpaired) electrons. The van der Waals surface area contributed by atoms with Gasteiger partial charge in [-0.25, -0.2) is 0 Å². The van der Waals surface area contributed by atoms with Crippen molar-refractivity contribution in [1.29, 1.82) is 0 Å². The molecule has 108 valence electrons. The van der Waals surface area contributed by atoms with Crippen LogP contribution in [-0.4, -0.2) is 4.98 Å². The van der Waals surface area contributed by atoms with Crippen LogP contribution < -0.4 is 5.32 Å². The van der Waals surface area contributed by atoms with E-state index < -0.39 is 0 Å². The van der Waals surface area contributed by atoms with E-state index in [2.05, 4.69) is 61.4 Å². The molecular weight excluding hydrogens is 276 g/mol. The van der Waals surface area contributed by atoms with Gasteiger partial charge in [0.2, 0.25) is 0 Å². The molecule has 0 saturated heterocycles. The molecule has 3 heteroatoms. The van der Waals surface area contributed by atoms with E-state index in [1.54, 1.807) is 0 Å². The van der Waals surface area contributed by atoms with Crippen molar-refractivity contribution in [3.63, 3.8) is 0 Å². The quantitative estimate of drug-likeness (QED) is 0.750. The fraction of sp³-hybridized carbons (Fsp3) is 0.278. The smallest absolute Gasteiger partial charge is 0.0391 e. The second-order valence-electron chi connectivity index (χ2n) is 5.49. The van der Waals surface area contributed by atoms with Gasteiger partial charge in [-0.1, -0.05) is 18.2 Å². The molecule has 0 bridgehead atoms. The summed E-state index contributed by atoms with van der Waals surface area (Å²) in [4.78, 5) is 5.64. The first-order chi connectivity index (χ1) is 10.2. The highest BCUT2D eigenvalue weighted by molar-refractivity contribution is 7.19. The average molecular weight is 296 g/mol. The first kappa shape index (κ1) is 14.2. The Hall–Kier alpha value is -1.71. The molecule has 2 heterocycles. The van der Waals surface area contributed by atoms with Crippen LogP contribution in [0.2, 0.25) is 0 Å². The van der Waals surface area contributed by atoms with Gasteiger partial charge in [0.05, 0.1) is 0 Å². The van der Waals surface area contributed by atoms with Crippen molar-refractivity contribution < 1.29 is 0 Å². The van der Waals surface area contributed by atoms with Crippen molar-refractivity contribution in [2.75, 3.05) is 0 Å². The Kier molecular flexibility index (Phi) is 4.04. The maximum absolute atomic E-state index is 4.21. The largest absolute Gasteiger partial charge is 0.305 e. The van der Waals surface area contributed by atoms with Gasteiger partial charge < -0.3 is 5.32 Å². The van der Waals surface area contributed by atoms with Gasteiger partial charge in [0, 0.05) is 34.6 Å². The van der Waals surface area contributed by atoms with E-state index in [0.29, 0.717) is 6.04 Å². The molecule has 0 saturated carbocycles. The fourth-order valence-electron chi connectivity index (χ4n) is 2.64. The van der Waals surface area contributed by atoms with Crippen LogP contribution in [0.4, 0.5) is 0 Å². The number of pyridine rings is 1. The van der Waals surface area contributed by atoms with Crippen LogP contribution in [0.15, 0.2) is 42.7 Å². The molecule has 0 amide bonds. The van der Waals surface area contributed by atoms with Gasteiger partial charge in [0.1, 0.15) is 0 Å². The van der Waals surface area contributed by atoms with Crippen LogP contribution in [0.1, 0.15) is 34.5 Å². The molecule has 3 rings (SSSR count). The Labute approximate surface area is 129 Å². The van der Waals surface area contributed by atoms with Gasteiger partial charge in [0.15, 0.2) is 0 Å². The SMILES string of the molecule is Cc1ccncc1CNC(C)c1sc2ccccc2c1C. The molecule has 0 aliphatic rings. The summed E-state index contributed by atoms with van der Waals surface area (Å²) in [6.45, 7) is 7.45. The van der Waals surface area contributed by atoms with Crippen molar-refractivity contribution in [2.24, 2.45) is 0 Å². The number of hydrogen-bond donors (Lipinski definition) is 1. The van der Waals surface area contributed by atoms with Gasteiger partial charge in [0.25, 0.3) is 0 Å². The number of aryl methyl sites for hydroxylation is 2. The van der Waals surface area contributed by atoms with E-state index in [9.17, 15) is 0 Å². The summed E-state index contributed by atoms with van der Waals surface area (Å²) >= 11 is 1.89. The van der Waals surface area contributed by atoms with Crippen LogP contribution in [0.5, 0.6) is 0 Å². The lowest BCUT2D eigenvalue weighted by Gasteiger charge is -2.14. The van der Waals surface area contributed by atoms with Crippen LogP contribution >= 0.6 is 11.3 Å². The molecule has 0 aliphatic carbocycles. The highest BCUT2D eigenvalue weighted by Gasteiger charge is 2.14. The van der Waals surface area contributed by atoms with E-state index in [-0.39, 0.29) is 0 Å². The van der Waals surface area contributed by atoms with Crippen molar-refractivity contribution in [3.8, 4) is 0 Å². The van der Waals surface area contributed by atoms with Gasteiger partial charge in [-0.15, -0.1) is 11.3 Å². The molecule has 0 fully saturated rings. The third kappa shape index (κ3) is 2.85. The Morgan fingerprint density at radius 3 is 2.76 bits per heavy atom. The van der Waals surface area contributed by atoms with Gasteiger partial charge in [-0.3, -0.25) is 4.98 Å². The normalized spacial score (nSPS) is 12.7. The van der Waals surface area contributed by atoms with E-state index in [1.165, 1.54) is 31.7 Å². The summed E-state index contributed by atoms with van der Waals surface area (Å²) in [5.74, 6) is 0. The van der Waals surface area contributed by atoms with Crippen molar-refractivity contribution >= 4 is 21.4 Å². The molecule has 2 aromatic heterocycles. The Morgan fingerprint density at radius 2 is 2.00 bits per heavy atom. The van der Waals surface area contributed by atoms with Crippen molar-refractivity contribution in [3.05, 3.63) is 64.3 Å². The van der Waals surface area contributed by atoms with E-state index in [1.807, 2.05) is 23.7 Å². The van der Waals surface area contributed by atoms with E-state index >= 15 is 0 Å². The minimum Gasteiger partial charge on any atom is -0.305 e. The Morgan fingerprint density at radius 1 is 1.19 bits per heavy atom. The lowest BCUT2D eigenvalue weighted by Crippen LogP contribution is -2.18. The number of rotatable bonds is 4. The third-order valence-electron chi connectivity index (χ3n) is 4.02. The number of hydrogen-bond acceptors (Lipinski definition) is 3. The van der Waals surface area contributed by atoms with Crippen LogP contribution in [0, 0.1) is 13.8 Å². The predicted octanol–water partition coefficient (Wildman–Crippen LogP) is 4.76. The van der Waals surface area contributed by atoms with Crippen LogP contribution in [0.25, 0.3) is 10.1 Å². The van der Waals surface area contributed by atoms with Crippen molar-refractivity contribution in [2.45, 2.75) is 33.4 Å². The fourth-order valence-corrected chi connectivity index (χ4v) is 3.88. The maximum Gasteiger partial charge on any atom is 0.0391 e. The molecule has 0 spiro atoms. The number of nitrogens with zero attached hydrogens (tertiary/aromatic N) is 1. The van der Waals surface area contributed by atoms with E-state index in [4.69, 9.17) is 0 Å². The van der Waals surface area contributed by atoms with Gasteiger partial charge >= 0.3 is 0 Å². The van der Waals surface area contributed by atoms with Gasteiger partial charge in [-0.05, 0) is 55.0 Å². The second kappa shape index (κ2) is 5.96. The lowest BCUT2D eigenvalue weighted by atomic mass is 10.1. The molecule has 1 unspecified atom stereocenters. The zero-order chi connectivity index (χ0) is 14.8. The number of aromatic nitrogens is 1. The zero-order valence-corrected chi connectivity index (χ0v) is 13.5. The lowest BCUT2D eigenvalue weighted by molar-refractivity contribution is 0.579. The molecule has 1 aromatic carbocycles. The summed E-state index contributed by atoms with van der Waals surface area (Å²) in [5, 5.41) is 5.01. The van der Waals surface area contributed by atoms with Crippen molar-refractivity contribution in [1.82, 2.24) is 10.3 Å². The number of nitrogens with one attached hydrogen (secondary N) is 1. The summed E-state index contributed by atoms with van der Waals surface area (Å²) in [6.07, 6.45) is 3.80. The number of benzene rings is 1. The monoisotopic (exact) mass is 296 g/mol. The number of fused-ring (bicyclic) bond motifs is 1. The first-order valence-corrected chi connectivity index (χ1v) is 8.09. The van der Waals surface area contributed by atoms with E-state index in [0.717, 1.165) is 6.54 Å². The molecule has 1 atom stereocenters. The Balaban J connectivity index is 1.80. The predicted molar refractivity (Wildman–Crippen MR) is 90.8 cm³/mol. The second-order valence-corrected chi connectivity index (χ2v) is 6.58. The van der Waals surface area contributed by atoms with Crippen LogP contribution in [0.3, 0.4) is 0 Å². The topological polar surface area (TPSA) is 24.9 Å². The summed E-state index contributed by atoms with van der Waals surface area (Å²) in [7, 11) is 0. The molecule has 3 aromatic rings. The van der Waals surface area contributed by atoms with Crippen LogP contribution in [-0.2, 0) is 6.54 Å². The molecule has 2 nitrogen and oxygen atoms in total. The summed E-state index contributed by atoms with van der Waals surface area (Å²) < 4.78 is 1.37. The third-order valence-corrected chi connectivity index (χ3v) is 5.48. The molecule has 21 heavy (non-hydrogen) atoms.